The lowest BCUT2D eigenvalue weighted by Crippen LogP contribution is -2.29. The second kappa shape index (κ2) is 9.62. The van der Waals surface area contributed by atoms with Crippen LogP contribution in [0.2, 0.25) is 0 Å². The van der Waals surface area contributed by atoms with Crippen LogP contribution in [0.5, 0.6) is 0 Å². The van der Waals surface area contributed by atoms with Gasteiger partial charge in [-0.25, -0.2) is 10.2 Å². The van der Waals surface area contributed by atoms with E-state index in [2.05, 4.69) is 25.9 Å². The van der Waals surface area contributed by atoms with Crippen molar-refractivity contribution in [1.29, 1.82) is 0 Å². The van der Waals surface area contributed by atoms with Crippen LogP contribution in [-0.2, 0) is 9.53 Å². The highest BCUT2D eigenvalue weighted by Gasteiger charge is 2.15. The third-order valence-corrected chi connectivity index (χ3v) is 1.74. The molecule has 0 saturated carbocycles. The third kappa shape index (κ3) is 12.2. The quantitative estimate of drug-likeness (QED) is 0.184. The van der Waals surface area contributed by atoms with Gasteiger partial charge in [-0.3, -0.25) is 4.79 Å². The molecule has 0 bridgehead atoms. The van der Waals surface area contributed by atoms with Crippen molar-refractivity contribution < 1.29 is 14.3 Å². The molecule has 9 nitrogen and oxygen atoms in total. The summed E-state index contributed by atoms with van der Waals surface area (Å²) < 4.78 is 4.96. The minimum atomic E-state index is -0.646. The van der Waals surface area contributed by atoms with Crippen molar-refractivity contribution in [2.75, 3.05) is 13.1 Å². The van der Waals surface area contributed by atoms with Crippen molar-refractivity contribution in [3.63, 3.8) is 0 Å². The molecule has 0 heterocycles. The molecular weight excluding hydrogens is 264 g/mol. The zero-order chi connectivity index (χ0) is 15.4. The predicted molar refractivity (Wildman–Crippen MR) is 74.1 cm³/mol. The molecule has 0 radical (unpaired) electrons. The number of carbonyl (C=O) groups is 2. The van der Waals surface area contributed by atoms with E-state index < -0.39 is 11.7 Å². The zero-order valence-corrected chi connectivity index (χ0v) is 11.9. The highest BCUT2D eigenvalue weighted by Crippen LogP contribution is 2.06. The van der Waals surface area contributed by atoms with Crippen LogP contribution < -0.4 is 10.7 Å². The summed E-state index contributed by atoms with van der Waals surface area (Å²) in [4.78, 5) is 25.0. The van der Waals surface area contributed by atoms with Gasteiger partial charge in [-0.05, 0) is 32.7 Å². The summed E-state index contributed by atoms with van der Waals surface area (Å²) in [5, 5.41) is 9.49. The van der Waals surface area contributed by atoms with Gasteiger partial charge in [0.05, 0.1) is 0 Å². The van der Waals surface area contributed by atoms with Crippen LogP contribution in [0.3, 0.4) is 0 Å². The normalized spacial score (nSPS) is 10.8. The smallest absolute Gasteiger partial charge is 0.428 e. The Morgan fingerprint density at radius 1 is 1.40 bits per heavy atom. The lowest BCUT2D eigenvalue weighted by Gasteiger charge is -2.18. The molecule has 2 N–H and O–H groups in total. The fourth-order valence-corrected chi connectivity index (χ4v) is 1.04. The van der Waals surface area contributed by atoms with Crippen LogP contribution in [0, 0.1) is 0 Å². The third-order valence-electron chi connectivity index (χ3n) is 1.74. The Morgan fingerprint density at radius 3 is 2.70 bits per heavy atom. The van der Waals surface area contributed by atoms with Crippen LogP contribution in [0.4, 0.5) is 4.79 Å². The van der Waals surface area contributed by atoms with Gasteiger partial charge < -0.3 is 10.1 Å². The van der Waals surface area contributed by atoms with Crippen molar-refractivity contribution in [1.82, 2.24) is 10.7 Å². The predicted octanol–water partition coefficient (Wildman–Crippen LogP) is 1.70. The molecule has 0 saturated heterocycles. The Balaban J connectivity index is 3.68. The maximum absolute atomic E-state index is 11.3. The highest BCUT2D eigenvalue weighted by atomic mass is 16.6. The maximum atomic E-state index is 11.3. The number of hydrogen-bond acceptors (Lipinski definition) is 5. The van der Waals surface area contributed by atoms with Crippen LogP contribution >= 0.6 is 0 Å². The maximum Gasteiger partial charge on any atom is 0.428 e. The first-order valence-electron chi connectivity index (χ1n) is 6.13. The number of ether oxygens (including phenoxy) is 1. The van der Waals surface area contributed by atoms with E-state index in [1.165, 1.54) is 6.21 Å². The standard InChI is InChI=1S/C11H20N6O3/c1-11(2,3)20-10(19)16-14-6-4-5-9(18)13-7-8-15-17-12/h6H,4-5,7-8H2,1-3H3,(H,13,18)(H,16,19)/b14-6+. The Hall–Kier alpha value is -2.28. The second-order valence-corrected chi connectivity index (χ2v) is 4.77. The topological polar surface area (TPSA) is 129 Å². The first-order valence-corrected chi connectivity index (χ1v) is 6.13. The van der Waals surface area contributed by atoms with Crippen molar-refractivity contribution in [2.24, 2.45) is 10.2 Å². The number of hydrogen-bond donors (Lipinski definition) is 2. The van der Waals surface area contributed by atoms with E-state index in [4.69, 9.17) is 10.3 Å². The second-order valence-electron chi connectivity index (χ2n) is 4.77. The number of hydrazone groups is 1. The fraction of sp³-hybridized carbons (Fsp3) is 0.727. The Labute approximate surface area is 117 Å². The molecule has 0 aliphatic heterocycles. The summed E-state index contributed by atoms with van der Waals surface area (Å²) in [6.45, 7) is 5.76. The van der Waals surface area contributed by atoms with E-state index >= 15 is 0 Å². The molecule has 2 amide bonds. The molecule has 0 spiro atoms. The summed E-state index contributed by atoms with van der Waals surface area (Å²) in [5.41, 5.74) is 9.65. The SMILES string of the molecule is CC(C)(C)OC(=O)N/N=C/CCC(=O)NCCN=[N+]=[N-]. The molecule has 20 heavy (non-hydrogen) atoms. The van der Waals surface area contributed by atoms with Gasteiger partial charge in [0.25, 0.3) is 0 Å². The van der Waals surface area contributed by atoms with Gasteiger partial charge >= 0.3 is 6.09 Å². The number of amides is 2. The lowest BCUT2D eigenvalue weighted by atomic mass is 10.2. The molecule has 0 atom stereocenters. The van der Waals surface area contributed by atoms with Crippen LogP contribution in [0.25, 0.3) is 10.4 Å². The number of carbonyl (C=O) groups excluding carboxylic acids is 2. The summed E-state index contributed by atoms with van der Waals surface area (Å²) >= 11 is 0. The zero-order valence-electron chi connectivity index (χ0n) is 11.9. The highest BCUT2D eigenvalue weighted by molar-refractivity contribution is 5.79. The minimum Gasteiger partial charge on any atom is -0.443 e. The van der Waals surface area contributed by atoms with Gasteiger partial charge in [0.1, 0.15) is 5.60 Å². The van der Waals surface area contributed by atoms with E-state index in [0.717, 1.165) is 0 Å². The lowest BCUT2D eigenvalue weighted by molar-refractivity contribution is -0.120. The van der Waals surface area contributed by atoms with Crippen LogP contribution in [0.1, 0.15) is 33.6 Å². The van der Waals surface area contributed by atoms with E-state index in [0.29, 0.717) is 13.0 Å². The molecule has 0 unspecified atom stereocenters. The molecule has 112 valence electrons. The summed E-state index contributed by atoms with van der Waals surface area (Å²) in [7, 11) is 0. The monoisotopic (exact) mass is 284 g/mol. The molecule has 0 aromatic rings. The van der Waals surface area contributed by atoms with Crippen LogP contribution in [0.15, 0.2) is 10.2 Å². The number of nitrogens with zero attached hydrogens (tertiary/aromatic N) is 4. The van der Waals surface area contributed by atoms with Crippen molar-refractivity contribution in [2.45, 2.75) is 39.2 Å². The van der Waals surface area contributed by atoms with Crippen molar-refractivity contribution in [3.05, 3.63) is 10.4 Å². The Morgan fingerprint density at radius 2 is 2.10 bits per heavy atom. The minimum absolute atomic E-state index is 0.179. The largest absolute Gasteiger partial charge is 0.443 e. The summed E-state index contributed by atoms with van der Waals surface area (Å²) in [6.07, 6.45) is 1.38. The van der Waals surface area contributed by atoms with Gasteiger partial charge in [-0.1, -0.05) is 5.11 Å². The average molecular weight is 284 g/mol. The summed E-state index contributed by atoms with van der Waals surface area (Å²) in [6, 6.07) is 0. The Kier molecular flexibility index (Phi) is 8.53. The molecule has 0 fully saturated rings. The number of rotatable bonds is 7. The fourth-order valence-electron chi connectivity index (χ4n) is 1.04. The molecule has 0 aromatic carbocycles. The van der Waals surface area contributed by atoms with E-state index in [1.54, 1.807) is 20.8 Å². The van der Waals surface area contributed by atoms with Gasteiger partial charge in [0, 0.05) is 30.6 Å². The van der Waals surface area contributed by atoms with Crippen LogP contribution in [-0.4, -0.2) is 36.9 Å². The van der Waals surface area contributed by atoms with E-state index in [-0.39, 0.29) is 18.9 Å². The number of nitrogens with one attached hydrogen (secondary N) is 2. The van der Waals surface area contributed by atoms with Crippen molar-refractivity contribution >= 4 is 18.2 Å². The van der Waals surface area contributed by atoms with Gasteiger partial charge in [-0.15, -0.1) is 0 Å². The Bertz CT molecular complexity index is 395. The van der Waals surface area contributed by atoms with Gasteiger partial charge in [0.2, 0.25) is 5.91 Å². The van der Waals surface area contributed by atoms with Gasteiger partial charge in [-0.2, -0.15) is 5.10 Å². The first kappa shape index (κ1) is 17.7. The molecular formula is C11H20N6O3. The number of azide groups is 1. The van der Waals surface area contributed by atoms with Gasteiger partial charge in [0.15, 0.2) is 0 Å². The molecule has 0 aliphatic carbocycles. The molecule has 0 rings (SSSR count). The van der Waals surface area contributed by atoms with Crippen molar-refractivity contribution in [3.8, 4) is 0 Å². The molecule has 0 aromatic heterocycles. The summed E-state index contributed by atoms with van der Waals surface area (Å²) in [5.74, 6) is -0.179. The van der Waals surface area contributed by atoms with E-state index in [1.807, 2.05) is 0 Å². The first-order chi connectivity index (χ1) is 9.35. The van der Waals surface area contributed by atoms with E-state index in [9.17, 15) is 9.59 Å². The molecule has 9 heteroatoms. The molecule has 0 aliphatic rings. The average Bonchev–Trinajstić information content (AvgIpc) is 2.32.